The van der Waals surface area contributed by atoms with Crippen LogP contribution in [0.1, 0.15) is 22.9 Å². The Morgan fingerprint density at radius 1 is 1.18 bits per heavy atom. The summed E-state index contributed by atoms with van der Waals surface area (Å²) in [6.45, 7) is 5.39. The van der Waals surface area contributed by atoms with Gasteiger partial charge in [0.1, 0.15) is 5.75 Å². The van der Waals surface area contributed by atoms with Gasteiger partial charge in [-0.25, -0.2) is 0 Å². The average Bonchev–Trinajstić information content (AvgIpc) is 2.74. The largest absolute Gasteiger partial charge is 0.496 e. The summed E-state index contributed by atoms with van der Waals surface area (Å²) in [7, 11) is 1.68. The molecule has 3 heterocycles. The lowest BCUT2D eigenvalue weighted by Gasteiger charge is -2.28. The van der Waals surface area contributed by atoms with Gasteiger partial charge in [0.15, 0.2) is 5.43 Å². The van der Waals surface area contributed by atoms with Crippen LogP contribution in [0.3, 0.4) is 0 Å². The minimum Gasteiger partial charge on any atom is -0.496 e. The maximum absolute atomic E-state index is 12.7. The predicted octanol–water partition coefficient (Wildman–Crippen LogP) is 2.10. The zero-order valence-electron chi connectivity index (χ0n) is 16.3. The third-order valence-corrected chi connectivity index (χ3v) is 5.60. The van der Waals surface area contributed by atoms with E-state index in [1.165, 1.54) is 0 Å². The molecule has 4 rings (SSSR count). The molecule has 2 aliphatic rings. The molecule has 2 aromatic rings. The van der Waals surface area contributed by atoms with E-state index in [1.54, 1.807) is 13.2 Å². The highest BCUT2D eigenvalue weighted by atomic mass is 16.5. The number of fused-ring (bicyclic) bond motifs is 1. The van der Waals surface area contributed by atoms with Crippen molar-refractivity contribution in [2.75, 3.05) is 40.0 Å². The number of rotatable bonds is 6. The van der Waals surface area contributed by atoms with Crippen LogP contribution in [-0.4, -0.2) is 55.6 Å². The normalized spacial score (nSPS) is 19.4. The molecule has 0 aliphatic carbocycles. The van der Waals surface area contributed by atoms with E-state index in [2.05, 4.69) is 14.5 Å². The number of ether oxygens (including phenoxy) is 2. The first-order valence-corrected chi connectivity index (χ1v) is 9.92. The zero-order chi connectivity index (χ0) is 19.3. The van der Waals surface area contributed by atoms with Crippen LogP contribution in [0.15, 0.2) is 46.3 Å². The molecule has 6 nitrogen and oxygen atoms in total. The fourth-order valence-corrected chi connectivity index (χ4v) is 4.08. The van der Waals surface area contributed by atoms with Crippen molar-refractivity contribution in [2.45, 2.75) is 25.4 Å². The summed E-state index contributed by atoms with van der Waals surface area (Å²) in [4.78, 5) is 19.8. The first-order valence-electron chi connectivity index (χ1n) is 9.92. The van der Waals surface area contributed by atoms with Crippen LogP contribution in [0.25, 0.3) is 0 Å². The Morgan fingerprint density at radius 3 is 2.82 bits per heavy atom. The van der Waals surface area contributed by atoms with Gasteiger partial charge < -0.3 is 14.0 Å². The minimum absolute atomic E-state index is 0.0781. The number of morpholine rings is 1. The summed E-state index contributed by atoms with van der Waals surface area (Å²) < 4.78 is 13.1. The van der Waals surface area contributed by atoms with Gasteiger partial charge in [0.05, 0.1) is 26.4 Å². The number of nitrogens with zero attached hydrogens (tertiary/aromatic N) is 3. The Balaban J connectivity index is 1.57. The Morgan fingerprint density at radius 2 is 2.00 bits per heavy atom. The highest BCUT2D eigenvalue weighted by molar-refractivity contribution is 5.64. The fourth-order valence-electron chi connectivity index (χ4n) is 4.08. The average molecular weight is 381 g/mol. The van der Waals surface area contributed by atoms with E-state index >= 15 is 0 Å². The molecule has 6 heteroatoms. The molecule has 0 spiro atoms. The first kappa shape index (κ1) is 18.9. The molecule has 1 saturated heterocycles. The SMILES string of the molecule is COc1ccccc1CC1N=CCc2c1c(=O)ccn2CCN1CCOCC1. The van der Waals surface area contributed by atoms with E-state index in [4.69, 9.17) is 9.47 Å². The Kier molecular flexibility index (Phi) is 5.88. The Hall–Kier alpha value is -2.44. The number of pyridine rings is 1. The first-order chi connectivity index (χ1) is 13.8. The topological polar surface area (TPSA) is 56.1 Å². The molecule has 1 atom stereocenters. The molecule has 2 aliphatic heterocycles. The molecular formula is C22H27N3O3. The minimum atomic E-state index is -0.164. The van der Waals surface area contributed by atoms with E-state index < -0.39 is 0 Å². The predicted molar refractivity (Wildman–Crippen MR) is 110 cm³/mol. The van der Waals surface area contributed by atoms with Gasteiger partial charge in [-0.05, 0) is 11.6 Å². The van der Waals surface area contributed by atoms with Crippen molar-refractivity contribution in [1.29, 1.82) is 0 Å². The number of methoxy groups -OCH3 is 1. The zero-order valence-corrected chi connectivity index (χ0v) is 16.3. The van der Waals surface area contributed by atoms with Gasteiger partial charge >= 0.3 is 0 Å². The molecule has 0 N–H and O–H groups in total. The molecule has 1 unspecified atom stereocenters. The third kappa shape index (κ3) is 4.03. The molecular weight excluding hydrogens is 354 g/mol. The van der Waals surface area contributed by atoms with Gasteiger partial charge in [0.25, 0.3) is 0 Å². The molecule has 148 valence electrons. The molecule has 0 bridgehead atoms. The maximum Gasteiger partial charge on any atom is 0.187 e. The van der Waals surface area contributed by atoms with E-state index in [1.807, 2.05) is 36.7 Å². The lowest BCUT2D eigenvalue weighted by Crippen LogP contribution is -2.38. The van der Waals surface area contributed by atoms with Crippen LogP contribution in [0, 0.1) is 0 Å². The summed E-state index contributed by atoms with van der Waals surface area (Å²) in [6.07, 6.45) is 5.25. The monoisotopic (exact) mass is 381 g/mol. The quantitative estimate of drug-likeness (QED) is 0.769. The van der Waals surface area contributed by atoms with Gasteiger partial charge in [0.2, 0.25) is 0 Å². The highest BCUT2D eigenvalue weighted by Gasteiger charge is 2.24. The molecule has 28 heavy (non-hydrogen) atoms. The van der Waals surface area contributed by atoms with Crippen molar-refractivity contribution in [1.82, 2.24) is 9.47 Å². The van der Waals surface area contributed by atoms with Gasteiger partial charge in [-0.3, -0.25) is 14.7 Å². The van der Waals surface area contributed by atoms with Gasteiger partial charge in [-0.1, -0.05) is 18.2 Å². The lowest BCUT2D eigenvalue weighted by molar-refractivity contribution is 0.0363. The Bertz CT molecular complexity index is 900. The van der Waals surface area contributed by atoms with Gasteiger partial charge in [0, 0.05) is 68.8 Å². The number of benzene rings is 1. The Labute approximate surface area is 165 Å². The summed E-state index contributed by atoms with van der Waals surface area (Å²) in [5.41, 5.74) is 3.08. The van der Waals surface area contributed by atoms with Crippen LogP contribution in [0.5, 0.6) is 5.75 Å². The number of aliphatic imine (C=N–C) groups is 1. The standard InChI is InChI=1S/C22H27N3O3/c1-27-21-5-3-2-4-17(21)16-18-22-19(6-8-23-18)25(9-7-20(22)26)11-10-24-12-14-28-15-13-24/h2-5,7-9,18H,6,10-16H2,1H3. The summed E-state index contributed by atoms with van der Waals surface area (Å²) in [5, 5.41) is 0. The number of para-hydroxylation sites is 1. The number of aromatic nitrogens is 1. The van der Waals surface area contributed by atoms with E-state index in [0.717, 1.165) is 62.0 Å². The van der Waals surface area contributed by atoms with Crippen LogP contribution < -0.4 is 10.2 Å². The van der Waals surface area contributed by atoms with Crippen LogP contribution in [-0.2, 0) is 24.1 Å². The molecule has 1 fully saturated rings. The number of hydrogen-bond acceptors (Lipinski definition) is 5. The fraction of sp³-hybridized carbons (Fsp3) is 0.455. The van der Waals surface area contributed by atoms with Crippen molar-refractivity contribution in [3.05, 3.63) is 63.6 Å². The van der Waals surface area contributed by atoms with E-state index in [-0.39, 0.29) is 11.5 Å². The van der Waals surface area contributed by atoms with Crippen LogP contribution >= 0.6 is 0 Å². The molecule has 1 aromatic carbocycles. The summed E-state index contributed by atoms with van der Waals surface area (Å²) >= 11 is 0. The van der Waals surface area contributed by atoms with Crippen molar-refractivity contribution >= 4 is 6.21 Å². The molecule has 1 aromatic heterocycles. The van der Waals surface area contributed by atoms with Crippen molar-refractivity contribution in [3.63, 3.8) is 0 Å². The summed E-state index contributed by atoms with van der Waals surface area (Å²) in [5.74, 6) is 0.841. The van der Waals surface area contributed by atoms with Crippen molar-refractivity contribution in [2.24, 2.45) is 4.99 Å². The summed E-state index contributed by atoms with van der Waals surface area (Å²) in [6, 6.07) is 9.48. The van der Waals surface area contributed by atoms with E-state index in [9.17, 15) is 4.79 Å². The van der Waals surface area contributed by atoms with Gasteiger partial charge in [-0.2, -0.15) is 0 Å². The smallest absolute Gasteiger partial charge is 0.187 e. The van der Waals surface area contributed by atoms with Crippen LogP contribution in [0.2, 0.25) is 0 Å². The second-order valence-corrected chi connectivity index (χ2v) is 7.26. The highest BCUT2D eigenvalue weighted by Crippen LogP contribution is 2.29. The molecule has 0 amide bonds. The second kappa shape index (κ2) is 8.71. The second-order valence-electron chi connectivity index (χ2n) is 7.26. The van der Waals surface area contributed by atoms with Crippen molar-refractivity contribution < 1.29 is 9.47 Å². The number of hydrogen-bond donors (Lipinski definition) is 0. The van der Waals surface area contributed by atoms with E-state index in [0.29, 0.717) is 12.8 Å². The van der Waals surface area contributed by atoms with Gasteiger partial charge in [-0.15, -0.1) is 0 Å². The van der Waals surface area contributed by atoms with Crippen LogP contribution in [0.4, 0.5) is 0 Å². The molecule has 0 radical (unpaired) electrons. The lowest BCUT2D eigenvalue weighted by atomic mass is 9.94. The third-order valence-electron chi connectivity index (χ3n) is 5.60. The molecule has 0 saturated carbocycles. The van der Waals surface area contributed by atoms with Crippen molar-refractivity contribution in [3.8, 4) is 5.75 Å². The maximum atomic E-state index is 12.7.